The molecular weight excluding hydrogens is 192 g/mol. The van der Waals surface area contributed by atoms with Gasteiger partial charge >= 0.3 is 0 Å². The minimum absolute atomic E-state index is 0.138. The molecule has 0 saturated heterocycles. The molecule has 4 nitrogen and oxygen atoms in total. The molecule has 0 aromatic heterocycles. The summed E-state index contributed by atoms with van der Waals surface area (Å²) in [6, 6.07) is 0. The molecule has 2 amide bonds. The molecule has 0 aromatic rings. The molecule has 0 heterocycles. The standard InChI is InChI=1S/C11H16N2O2/c1-6-4-7(2)10(11(15)13-3)8(6)5-9(12)14/h4-5H2,1-3H3,(H2,12,14)(H,13,15). The van der Waals surface area contributed by atoms with E-state index in [9.17, 15) is 9.59 Å². The Labute approximate surface area is 89.2 Å². The Balaban J connectivity index is 3.05. The zero-order valence-electron chi connectivity index (χ0n) is 9.31. The number of primary amides is 1. The molecule has 0 fully saturated rings. The lowest BCUT2D eigenvalue weighted by molar-refractivity contribution is -0.117. The highest BCUT2D eigenvalue weighted by Gasteiger charge is 2.25. The highest BCUT2D eigenvalue weighted by Crippen LogP contribution is 2.33. The molecule has 1 rings (SSSR count). The first-order valence-electron chi connectivity index (χ1n) is 4.86. The van der Waals surface area contributed by atoms with E-state index < -0.39 is 5.91 Å². The number of hydrogen-bond donors (Lipinski definition) is 2. The fraction of sp³-hybridized carbons (Fsp3) is 0.455. The molecule has 0 atom stereocenters. The van der Waals surface area contributed by atoms with Crippen molar-refractivity contribution in [2.45, 2.75) is 26.7 Å². The predicted octanol–water partition coefficient (Wildman–Crippen LogP) is 0.644. The van der Waals surface area contributed by atoms with Gasteiger partial charge < -0.3 is 11.1 Å². The maximum absolute atomic E-state index is 11.6. The molecule has 3 N–H and O–H groups in total. The van der Waals surface area contributed by atoms with E-state index in [0.717, 1.165) is 23.1 Å². The first kappa shape index (κ1) is 11.5. The third kappa shape index (κ3) is 2.26. The van der Waals surface area contributed by atoms with Crippen LogP contribution in [-0.4, -0.2) is 18.9 Å². The third-order valence-corrected chi connectivity index (χ3v) is 2.58. The number of carbonyl (C=O) groups excluding carboxylic acids is 2. The quantitative estimate of drug-likeness (QED) is 0.714. The third-order valence-electron chi connectivity index (χ3n) is 2.58. The number of nitrogens with one attached hydrogen (secondary N) is 1. The maximum Gasteiger partial charge on any atom is 0.251 e. The Morgan fingerprint density at radius 1 is 1.33 bits per heavy atom. The summed E-state index contributed by atoms with van der Waals surface area (Å²) >= 11 is 0. The molecule has 0 unspecified atom stereocenters. The molecular formula is C11H16N2O2. The van der Waals surface area contributed by atoms with Gasteiger partial charge in [0.1, 0.15) is 0 Å². The number of nitrogens with two attached hydrogens (primary N) is 1. The van der Waals surface area contributed by atoms with Gasteiger partial charge in [0.2, 0.25) is 5.91 Å². The van der Waals surface area contributed by atoms with Crippen LogP contribution in [0.4, 0.5) is 0 Å². The van der Waals surface area contributed by atoms with Crippen molar-refractivity contribution in [1.82, 2.24) is 5.32 Å². The number of allylic oxidation sites excluding steroid dienone is 2. The average molecular weight is 208 g/mol. The van der Waals surface area contributed by atoms with Gasteiger partial charge in [0, 0.05) is 12.6 Å². The summed E-state index contributed by atoms with van der Waals surface area (Å²) in [5.41, 5.74) is 8.64. The molecule has 0 aromatic carbocycles. The Morgan fingerprint density at radius 2 is 1.93 bits per heavy atom. The number of carbonyl (C=O) groups is 2. The number of amides is 2. The van der Waals surface area contributed by atoms with E-state index in [-0.39, 0.29) is 12.3 Å². The molecule has 1 aliphatic carbocycles. The lowest BCUT2D eigenvalue weighted by atomic mass is 10.0. The summed E-state index contributed by atoms with van der Waals surface area (Å²) in [5, 5.41) is 2.58. The molecule has 1 aliphatic rings. The van der Waals surface area contributed by atoms with E-state index in [1.54, 1.807) is 7.05 Å². The van der Waals surface area contributed by atoms with Crippen molar-refractivity contribution in [3.8, 4) is 0 Å². The lowest BCUT2D eigenvalue weighted by Gasteiger charge is -2.07. The van der Waals surface area contributed by atoms with Gasteiger partial charge in [-0.1, -0.05) is 11.1 Å². The molecule has 0 bridgehead atoms. The zero-order chi connectivity index (χ0) is 11.6. The van der Waals surface area contributed by atoms with Crippen LogP contribution in [0.5, 0.6) is 0 Å². The second-order valence-electron chi connectivity index (χ2n) is 3.81. The van der Waals surface area contributed by atoms with Crippen molar-refractivity contribution in [2.24, 2.45) is 5.73 Å². The topological polar surface area (TPSA) is 72.2 Å². The summed E-state index contributed by atoms with van der Waals surface area (Å²) < 4.78 is 0. The van der Waals surface area contributed by atoms with Gasteiger partial charge in [-0.15, -0.1) is 0 Å². The van der Waals surface area contributed by atoms with Crippen molar-refractivity contribution in [2.75, 3.05) is 7.05 Å². The van der Waals surface area contributed by atoms with Crippen LogP contribution in [0.2, 0.25) is 0 Å². The lowest BCUT2D eigenvalue weighted by Crippen LogP contribution is -2.23. The Morgan fingerprint density at radius 3 is 2.40 bits per heavy atom. The molecule has 4 heteroatoms. The van der Waals surface area contributed by atoms with Crippen LogP contribution < -0.4 is 11.1 Å². The van der Waals surface area contributed by atoms with Gasteiger partial charge in [0.25, 0.3) is 5.91 Å². The monoisotopic (exact) mass is 208 g/mol. The fourth-order valence-electron chi connectivity index (χ4n) is 1.93. The van der Waals surface area contributed by atoms with Crippen LogP contribution in [0.25, 0.3) is 0 Å². The smallest absolute Gasteiger partial charge is 0.251 e. The molecule has 82 valence electrons. The number of rotatable bonds is 3. The van der Waals surface area contributed by atoms with Gasteiger partial charge in [0.05, 0.1) is 6.42 Å². The van der Waals surface area contributed by atoms with Crippen molar-refractivity contribution in [3.63, 3.8) is 0 Å². The van der Waals surface area contributed by atoms with Crippen LogP contribution in [-0.2, 0) is 9.59 Å². The molecule has 0 saturated carbocycles. The Hall–Kier alpha value is -1.58. The van der Waals surface area contributed by atoms with Crippen molar-refractivity contribution in [1.29, 1.82) is 0 Å². The molecule has 15 heavy (non-hydrogen) atoms. The molecule has 0 radical (unpaired) electrons. The van der Waals surface area contributed by atoms with E-state index in [0.29, 0.717) is 5.57 Å². The van der Waals surface area contributed by atoms with Crippen LogP contribution in [0, 0.1) is 0 Å². The van der Waals surface area contributed by atoms with Crippen LogP contribution >= 0.6 is 0 Å². The van der Waals surface area contributed by atoms with Crippen molar-refractivity contribution in [3.05, 3.63) is 22.3 Å². The Bertz CT molecular complexity index is 378. The minimum Gasteiger partial charge on any atom is -0.369 e. The Kier molecular flexibility index (Phi) is 3.29. The van der Waals surface area contributed by atoms with E-state index in [1.807, 2.05) is 13.8 Å². The largest absolute Gasteiger partial charge is 0.369 e. The minimum atomic E-state index is -0.402. The van der Waals surface area contributed by atoms with E-state index in [1.165, 1.54) is 0 Å². The zero-order valence-corrected chi connectivity index (χ0v) is 9.31. The SMILES string of the molecule is CNC(=O)C1=C(C)CC(C)=C1CC(N)=O. The van der Waals surface area contributed by atoms with E-state index in [4.69, 9.17) is 5.73 Å². The van der Waals surface area contributed by atoms with Gasteiger partial charge in [-0.05, 0) is 25.8 Å². The number of hydrogen-bond acceptors (Lipinski definition) is 2. The van der Waals surface area contributed by atoms with Gasteiger partial charge in [-0.25, -0.2) is 0 Å². The van der Waals surface area contributed by atoms with E-state index >= 15 is 0 Å². The summed E-state index contributed by atoms with van der Waals surface area (Å²) in [6.07, 6.45) is 0.900. The highest BCUT2D eigenvalue weighted by molar-refractivity contribution is 6.01. The normalized spacial score (nSPS) is 15.9. The summed E-state index contributed by atoms with van der Waals surface area (Å²) in [6.45, 7) is 3.83. The van der Waals surface area contributed by atoms with Crippen LogP contribution in [0.1, 0.15) is 26.7 Å². The second kappa shape index (κ2) is 4.29. The maximum atomic E-state index is 11.6. The summed E-state index contributed by atoms with van der Waals surface area (Å²) in [7, 11) is 1.58. The number of likely N-dealkylation sites (N-methyl/N-ethyl adjacent to an activating group) is 1. The van der Waals surface area contributed by atoms with Gasteiger partial charge in [-0.3, -0.25) is 9.59 Å². The van der Waals surface area contributed by atoms with E-state index in [2.05, 4.69) is 5.32 Å². The van der Waals surface area contributed by atoms with Crippen LogP contribution in [0.3, 0.4) is 0 Å². The second-order valence-corrected chi connectivity index (χ2v) is 3.81. The van der Waals surface area contributed by atoms with Crippen molar-refractivity contribution >= 4 is 11.8 Å². The summed E-state index contributed by atoms with van der Waals surface area (Å²) in [4.78, 5) is 22.5. The van der Waals surface area contributed by atoms with Gasteiger partial charge in [-0.2, -0.15) is 0 Å². The molecule has 0 spiro atoms. The fourth-order valence-corrected chi connectivity index (χ4v) is 1.93. The average Bonchev–Trinajstić information content (AvgIpc) is 2.40. The first-order valence-corrected chi connectivity index (χ1v) is 4.86. The predicted molar refractivity (Wildman–Crippen MR) is 57.9 cm³/mol. The van der Waals surface area contributed by atoms with Crippen LogP contribution in [0.15, 0.2) is 22.3 Å². The first-order chi connectivity index (χ1) is 6.97. The highest BCUT2D eigenvalue weighted by atomic mass is 16.2. The van der Waals surface area contributed by atoms with Crippen molar-refractivity contribution < 1.29 is 9.59 Å². The van der Waals surface area contributed by atoms with Gasteiger partial charge in [0.15, 0.2) is 0 Å². The summed E-state index contributed by atoms with van der Waals surface area (Å²) in [5.74, 6) is -0.541. The molecule has 0 aliphatic heterocycles.